The number of ether oxygens (including phenoxy) is 1. The van der Waals surface area contributed by atoms with Crippen molar-refractivity contribution in [3.8, 4) is 0 Å². The van der Waals surface area contributed by atoms with Crippen LogP contribution in [0, 0.1) is 5.92 Å². The van der Waals surface area contributed by atoms with Crippen LogP contribution in [0.4, 0.5) is 36.8 Å². The van der Waals surface area contributed by atoms with Crippen LogP contribution in [-0.4, -0.2) is 84.7 Å². The number of halogens is 7. The van der Waals surface area contributed by atoms with Crippen molar-refractivity contribution >= 4 is 29.4 Å². The van der Waals surface area contributed by atoms with Crippen molar-refractivity contribution in [3.63, 3.8) is 0 Å². The SMILES string of the molecule is O=C(O)C1CCN(c2cc(Cl)ccc2CN2CCN(C(=O)OC(C(F)(F)F)C(F)(F)F)CC2)CC1. The fraction of sp³-hybridized carbons (Fsp3) is 0.619. The summed E-state index contributed by atoms with van der Waals surface area (Å²) in [6, 6.07) is 5.30. The van der Waals surface area contributed by atoms with Gasteiger partial charge in [-0.05, 0) is 30.5 Å². The van der Waals surface area contributed by atoms with Crippen LogP contribution >= 0.6 is 11.6 Å². The zero-order chi connectivity index (χ0) is 26.0. The van der Waals surface area contributed by atoms with Crippen LogP contribution < -0.4 is 4.90 Å². The zero-order valence-corrected chi connectivity index (χ0v) is 19.2. The molecule has 0 aliphatic carbocycles. The first-order valence-corrected chi connectivity index (χ1v) is 11.2. The summed E-state index contributed by atoms with van der Waals surface area (Å²) in [5.74, 6) is -1.24. The first kappa shape index (κ1) is 27.2. The lowest BCUT2D eigenvalue weighted by molar-refractivity contribution is -0.308. The Morgan fingerprint density at radius 2 is 1.57 bits per heavy atom. The van der Waals surface area contributed by atoms with E-state index in [4.69, 9.17) is 11.6 Å². The summed E-state index contributed by atoms with van der Waals surface area (Å²) in [4.78, 5) is 28.0. The van der Waals surface area contributed by atoms with Gasteiger partial charge in [-0.2, -0.15) is 26.3 Å². The molecule has 1 amide bonds. The number of nitrogens with zero attached hydrogens (tertiary/aromatic N) is 3. The summed E-state index contributed by atoms with van der Waals surface area (Å²) in [7, 11) is 0. The molecule has 2 saturated heterocycles. The molecule has 0 aromatic heterocycles. The number of amides is 1. The third-order valence-electron chi connectivity index (χ3n) is 6.07. The van der Waals surface area contributed by atoms with E-state index in [1.165, 1.54) is 0 Å². The van der Waals surface area contributed by atoms with Gasteiger partial charge in [0.25, 0.3) is 6.10 Å². The Bertz CT molecular complexity index is 899. The van der Waals surface area contributed by atoms with E-state index in [9.17, 15) is 41.0 Å². The number of anilines is 1. The Morgan fingerprint density at radius 1 is 1.00 bits per heavy atom. The number of hydrogen-bond donors (Lipinski definition) is 1. The summed E-state index contributed by atoms with van der Waals surface area (Å²) >= 11 is 6.16. The van der Waals surface area contributed by atoms with Crippen LogP contribution in [0.2, 0.25) is 5.02 Å². The molecule has 0 radical (unpaired) electrons. The van der Waals surface area contributed by atoms with E-state index >= 15 is 0 Å². The van der Waals surface area contributed by atoms with E-state index in [0.717, 1.165) is 16.2 Å². The first-order chi connectivity index (χ1) is 16.3. The van der Waals surface area contributed by atoms with Gasteiger partial charge < -0.3 is 19.6 Å². The molecule has 0 unspecified atom stereocenters. The summed E-state index contributed by atoms with van der Waals surface area (Å²) in [6.07, 6.45) is -16.4. The number of alkyl halides is 6. The molecule has 196 valence electrons. The number of carbonyl (C=O) groups is 2. The molecule has 0 bridgehead atoms. The molecule has 1 aromatic rings. The van der Waals surface area contributed by atoms with Crippen LogP contribution in [0.5, 0.6) is 0 Å². The molecular weight excluding hydrogens is 508 g/mol. The van der Waals surface area contributed by atoms with Crippen molar-refractivity contribution < 1.29 is 45.8 Å². The highest BCUT2D eigenvalue weighted by Crippen LogP contribution is 2.36. The number of piperazine rings is 1. The highest BCUT2D eigenvalue weighted by atomic mass is 35.5. The Balaban J connectivity index is 1.59. The maximum atomic E-state index is 12.7. The standard InChI is InChI=1S/C21H24ClF6N3O4/c22-15-2-1-14(16(11-15)30-5-3-13(4-6-30)17(32)33)12-29-7-9-31(10-8-29)19(34)35-18(20(23,24)25)21(26,27)28/h1-2,11,13,18H,3-10,12H2,(H,32,33). The van der Waals surface area contributed by atoms with E-state index in [1.807, 2.05) is 15.9 Å². The van der Waals surface area contributed by atoms with Gasteiger partial charge in [0, 0.05) is 56.5 Å². The number of rotatable bonds is 5. The maximum Gasteiger partial charge on any atom is 0.434 e. The Kier molecular flexibility index (Phi) is 8.30. The minimum Gasteiger partial charge on any atom is -0.481 e. The van der Waals surface area contributed by atoms with Gasteiger partial charge in [0.05, 0.1) is 5.92 Å². The number of benzene rings is 1. The minimum absolute atomic E-state index is 0.103. The second-order valence-electron chi connectivity index (χ2n) is 8.48. The highest BCUT2D eigenvalue weighted by molar-refractivity contribution is 6.30. The fourth-order valence-electron chi connectivity index (χ4n) is 4.16. The molecule has 0 saturated carbocycles. The molecule has 35 heavy (non-hydrogen) atoms. The number of carboxylic acids is 1. The van der Waals surface area contributed by atoms with Crippen molar-refractivity contribution in [2.45, 2.75) is 37.8 Å². The molecule has 2 heterocycles. The van der Waals surface area contributed by atoms with E-state index in [-0.39, 0.29) is 26.2 Å². The molecule has 0 atom stereocenters. The largest absolute Gasteiger partial charge is 0.481 e. The van der Waals surface area contributed by atoms with Crippen molar-refractivity contribution in [1.29, 1.82) is 0 Å². The Hall–Kier alpha value is -2.41. The predicted octanol–water partition coefficient (Wildman–Crippen LogP) is 4.39. The van der Waals surface area contributed by atoms with Crippen molar-refractivity contribution in [2.24, 2.45) is 5.92 Å². The molecular formula is C21H24ClF6N3O4. The topological polar surface area (TPSA) is 73.3 Å². The number of carboxylic acid groups (broad SMARTS) is 1. The lowest BCUT2D eigenvalue weighted by Gasteiger charge is -2.37. The molecule has 2 aliphatic heterocycles. The number of piperidine rings is 1. The molecule has 1 N–H and O–H groups in total. The molecule has 2 aliphatic rings. The van der Waals surface area contributed by atoms with Crippen LogP contribution in [0.15, 0.2) is 18.2 Å². The molecule has 14 heteroatoms. The average molecular weight is 532 g/mol. The highest BCUT2D eigenvalue weighted by Gasteiger charge is 2.60. The molecule has 0 spiro atoms. The molecule has 1 aromatic carbocycles. The maximum absolute atomic E-state index is 12.7. The molecule has 7 nitrogen and oxygen atoms in total. The van der Waals surface area contributed by atoms with Gasteiger partial charge >= 0.3 is 24.4 Å². The fourth-order valence-corrected chi connectivity index (χ4v) is 4.32. The van der Waals surface area contributed by atoms with Gasteiger partial charge in [-0.1, -0.05) is 17.7 Å². The normalized spacial score (nSPS) is 18.7. The second-order valence-corrected chi connectivity index (χ2v) is 8.92. The van der Waals surface area contributed by atoms with Crippen LogP contribution in [-0.2, 0) is 16.1 Å². The van der Waals surface area contributed by atoms with Crippen molar-refractivity contribution in [2.75, 3.05) is 44.2 Å². The monoisotopic (exact) mass is 531 g/mol. The quantitative estimate of drug-likeness (QED) is 0.568. The number of carbonyl (C=O) groups excluding carboxylic acids is 1. The Morgan fingerprint density at radius 3 is 2.09 bits per heavy atom. The van der Waals surface area contributed by atoms with Gasteiger partial charge in [0.15, 0.2) is 0 Å². The van der Waals surface area contributed by atoms with Crippen LogP contribution in [0.25, 0.3) is 0 Å². The molecule has 3 rings (SSSR count). The predicted molar refractivity (Wildman–Crippen MR) is 113 cm³/mol. The average Bonchev–Trinajstić information content (AvgIpc) is 2.77. The molecule has 2 fully saturated rings. The number of hydrogen-bond acceptors (Lipinski definition) is 5. The summed E-state index contributed by atoms with van der Waals surface area (Å²) in [5, 5.41) is 9.70. The smallest absolute Gasteiger partial charge is 0.434 e. The van der Waals surface area contributed by atoms with Gasteiger partial charge in [-0.25, -0.2) is 4.79 Å². The lowest BCUT2D eigenvalue weighted by atomic mass is 9.96. The van der Waals surface area contributed by atoms with Crippen LogP contribution in [0.3, 0.4) is 0 Å². The van der Waals surface area contributed by atoms with E-state index in [0.29, 0.717) is 37.5 Å². The van der Waals surface area contributed by atoms with Crippen molar-refractivity contribution in [3.05, 3.63) is 28.8 Å². The van der Waals surface area contributed by atoms with Gasteiger partial charge in [0.2, 0.25) is 0 Å². The van der Waals surface area contributed by atoms with E-state index in [1.54, 1.807) is 12.1 Å². The Labute approximate surface area is 202 Å². The second kappa shape index (κ2) is 10.7. The third kappa shape index (κ3) is 7.06. The number of aliphatic carboxylic acids is 1. The summed E-state index contributed by atoms with van der Waals surface area (Å²) < 4.78 is 79.7. The van der Waals surface area contributed by atoms with Gasteiger partial charge in [-0.15, -0.1) is 0 Å². The van der Waals surface area contributed by atoms with E-state index in [2.05, 4.69) is 4.74 Å². The van der Waals surface area contributed by atoms with E-state index < -0.39 is 36.4 Å². The first-order valence-electron chi connectivity index (χ1n) is 10.8. The minimum atomic E-state index is -5.76. The van der Waals surface area contributed by atoms with Crippen molar-refractivity contribution in [1.82, 2.24) is 9.80 Å². The zero-order valence-electron chi connectivity index (χ0n) is 18.4. The lowest BCUT2D eigenvalue weighted by Crippen LogP contribution is -2.52. The summed E-state index contributed by atoms with van der Waals surface area (Å²) in [5.41, 5.74) is 1.72. The van der Waals surface area contributed by atoms with Gasteiger partial charge in [0.1, 0.15) is 0 Å². The van der Waals surface area contributed by atoms with Gasteiger partial charge in [-0.3, -0.25) is 9.69 Å². The summed E-state index contributed by atoms with van der Waals surface area (Å²) in [6.45, 7) is 1.68. The third-order valence-corrected chi connectivity index (χ3v) is 6.31. The van der Waals surface area contributed by atoms with Crippen LogP contribution in [0.1, 0.15) is 18.4 Å².